The van der Waals surface area contributed by atoms with Crippen LogP contribution in [0.4, 0.5) is 5.69 Å². The number of nitrogens with zero attached hydrogens (tertiary/aromatic N) is 2. The van der Waals surface area contributed by atoms with Crippen LogP contribution in [0.3, 0.4) is 0 Å². The van der Waals surface area contributed by atoms with Gasteiger partial charge in [0.1, 0.15) is 35.5 Å². The highest BCUT2D eigenvalue weighted by molar-refractivity contribution is 6.05. The van der Waals surface area contributed by atoms with Crippen LogP contribution < -0.4 is 9.64 Å². The van der Waals surface area contributed by atoms with Crippen molar-refractivity contribution in [1.82, 2.24) is 4.90 Å². The molecule has 4 aliphatic rings. The zero-order chi connectivity index (χ0) is 24.1. The Kier molecular flexibility index (Phi) is 5.49. The van der Waals surface area contributed by atoms with Crippen molar-refractivity contribution in [2.75, 3.05) is 38.3 Å². The van der Waals surface area contributed by atoms with Gasteiger partial charge in [0.15, 0.2) is 0 Å². The SMILES string of the molecule is CC[C@]12C=CCOC(=O)[C@H]1[C@H]1C(=O)N(CCO)C3C(=O)N(c4ccc(OC)cc4)CC=C[C@@]31O2. The molecule has 9 heteroatoms. The molecule has 5 atom stereocenters. The topological polar surface area (TPSA) is 106 Å². The Balaban J connectivity index is 1.63. The Morgan fingerprint density at radius 2 is 1.85 bits per heavy atom. The lowest BCUT2D eigenvalue weighted by atomic mass is 9.73. The second-order valence-corrected chi connectivity index (χ2v) is 8.96. The van der Waals surface area contributed by atoms with E-state index >= 15 is 0 Å². The molecule has 0 aromatic heterocycles. The van der Waals surface area contributed by atoms with Crippen molar-refractivity contribution in [2.24, 2.45) is 11.8 Å². The minimum atomic E-state index is -1.36. The van der Waals surface area contributed by atoms with Gasteiger partial charge in [-0.2, -0.15) is 0 Å². The van der Waals surface area contributed by atoms with Gasteiger partial charge in [0.25, 0.3) is 5.91 Å². The predicted octanol–water partition coefficient (Wildman–Crippen LogP) is 1.06. The number of methoxy groups -OCH3 is 1. The normalized spacial score (nSPS) is 34.3. The molecule has 1 aromatic carbocycles. The number of carbonyl (C=O) groups is 3. The molecule has 1 aromatic rings. The van der Waals surface area contributed by atoms with Gasteiger partial charge in [-0.15, -0.1) is 0 Å². The van der Waals surface area contributed by atoms with Crippen molar-refractivity contribution in [3.05, 3.63) is 48.6 Å². The summed E-state index contributed by atoms with van der Waals surface area (Å²) in [6, 6.07) is 6.05. The summed E-state index contributed by atoms with van der Waals surface area (Å²) in [6.45, 7) is 1.91. The summed E-state index contributed by atoms with van der Waals surface area (Å²) in [7, 11) is 1.57. The van der Waals surface area contributed by atoms with E-state index in [1.54, 1.807) is 54.5 Å². The highest BCUT2D eigenvalue weighted by Gasteiger charge is 2.75. The van der Waals surface area contributed by atoms with E-state index in [2.05, 4.69) is 0 Å². The van der Waals surface area contributed by atoms with Gasteiger partial charge in [-0.3, -0.25) is 14.4 Å². The number of carbonyl (C=O) groups excluding carboxylic acids is 3. The van der Waals surface area contributed by atoms with Crippen molar-refractivity contribution in [2.45, 2.75) is 30.6 Å². The Labute approximate surface area is 197 Å². The molecular weight excluding hydrogens is 440 g/mol. The molecule has 1 unspecified atom stereocenters. The average Bonchev–Trinajstić information content (AvgIpc) is 3.11. The Morgan fingerprint density at radius 1 is 1.09 bits per heavy atom. The fourth-order valence-electron chi connectivity index (χ4n) is 5.94. The van der Waals surface area contributed by atoms with Crippen molar-refractivity contribution in [1.29, 1.82) is 0 Å². The minimum absolute atomic E-state index is 0.0438. The first-order valence-electron chi connectivity index (χ1n) is 11.5. The number of anilines is 1. The fourth-order valence-corrected chi connectivity index (χ4v) is 5.94. The summed E-state index contributed by atoms with van der Waals surface area (Å²) in [4.78, 5) is 43.9. The van der Waals surface area contributed by atoms with Gasteiger partial charge in [0, 0.05) is 18.8 Å². The minimum Gasteiger partial charge on any atom is -0.497 e. The summed E-state index contributed by atoms with van der Waals surface area (Å²) in [5, 5.41) is 9.72. The van der Waals surface area contributed by atoms with Crippen LogP contribution in [-0.4, -0.2) is 78.4 Å². The van der Waals surface area contributed by atoms with Crippen molar-refractivity contribution < 1.29 is 33.7 Å². The van der Waals surface area contributed by atoms with Crippen LogP contribution in [-0.2, 0) is 23.9 Å². The third kappa shape index (κ3) is 3.03. The Morgan fingerprint density at radius 3 is 2.53 bits per heavy atom. The van der Waals surface area contributed by atoms with E-state index in [9.17, 15) is 19.5 Å². The van der Waals surface area contributed by atoms with Crippen LogP contribution in [0.5, 0.6) is 5.75 Å². The fraction of sp³-hybridized carbons (Fsp3) is 0.480. The van der Waals surface area contributed by atoms with Gasteiger partial charge in [-0.05, 0) is 36.8 Å². The second-order valence-electron chi connectivity index (χ2n) is 8.96. The Hall–Kier alpha value is -3.17. The molecule has 1 spiro atoms. The van der Waals surface area contributed by atoms with E-state index < -0.39 is 35.0 Å². The highest BCUT2D eigenvalue weighted by atomic mass is 16.6. The average molecular weight is 469 g/mol. The number of likely N-dealkylation sites (tertiary alicyclic amines) is 1. The summed E-state index contributed by atoms with van der Waals surface area (Å²) in [6.07, 6.45) is 7.56. The number of fused-ring (bicyclic) bond motifs is 2. The molecule has 180 valence electrons. The molecule has 0 saturated carbocycles. The van der Waals surface area contributed by atoms with Gasteiger partial charge in [-0.25, -0.2) is 0 Å². The summed E-state index contributed by atoms with van der Waals surface area (Å²) in [5.74, 6) is -2.40. The van der Waals surface area contributed by atoms with Crippen molar-refractivity contribution in [3.8, 4) is 5.75 Å². The smallest absolute Gasteiger partial charge is 0.313 e. The van der Waals surface area contributed by atoms with Crippen molar-refractivity contribution >= 4 is 23.5 Å². The number of β-amino-alcohol motifs (C(OH)–C–C–N with tert-alkyl or cyclic N) is 1. The third-order valence-electron chi connectivity index (χ3n) is 7.42. The van der Waals surface area contributed by atoms with E-state index in [-0.39, 0.29) is 38.1 Å². The number of esters is 1. The van der Waals surface area contributed by atoms with E-state index in [1.807, 2.05) is 13.0 Å². The molecule has 0 aliphatic carbocycles. The van der Waals surface area contributed by atoms with E-state index in [0.717, 1.165) is 0 Å². The molecule has 5 rings (SSSR count). The summed E-state index contributed by atoms with van der Waals surface area (Å²) >= 11 is 0. The number of aliphatic hydroxyl groups excluding tert-OH is 1. The number of hydrogen-bond acceptors (Lipinski definition) is 7. The molecule has 9 nitrogen and oxygen atoms in total. The molecule has 2 amide bonds. The maximum Gasteiger partial charge on any atom is 0.313 e. The molecule has 2 fully saturated rings. The highest BCUT2D eigenvalue weighted by Crippen LogP contribution is 2.58. The molecule has 0 radical (unpaired) electrons. The molecular formula is C25H28N2O7. The molecule has 4 aliphatic heterocycles. The molecule has 2 saturated heterocycles. The maximum absolute atomic E-state index is 14.1. The van der Waals surface area contributed by atoms with Gasteiger partial charge in [0.05, 0.1) is 19.6 Å². The first-order chi connectivity index (χ1) is 16.4. The number of rotatable bonds is 5. The van der Waals surface area contributed by atoms with Crippen LogP contribution in [0.2, 0.25) is 0 Å². The quantitative estimate of drug-likeness (QED) is 0.509. The number of aliphatic hydroxyl groups is 1. The zero-order valence-electron chi connectivity index (χ0n) is 19.2. The first-order valence-corrected chi connectivity index (χ1v) is 11.5. The van der Waals surface area contributed by atoms with E-state index in [4.69, 9.17) is 14.2 Å². The first kappa shape index (κ1) is 22.6. The summed E-state index contributed by atoms with van der Waals surface area (Å²) in [5.41, 5.74) is -1.77. The maximum atomic E-state index is 14.1. The lowest BCUT2D eigenvalue weighted by molar-refractivity contribution is -0.157. The van der Waals surface area contributed by atoms with Crippen LogP contribution >= 0.6 is 0 Å². The third-order valence-corrected chi connectivity index (χ3v) is 7.42. The van der Waals surface area contributed by atoms with Crippen molar-refractivity contribution in [3.63, 3.8) is 0 Å². The number of amides is 2. The number of ether oxygens (including phenoxy) is 3. The van der Waals surface area contributed by atoms with Gasteiger partial charge in [-0.1, -0.05) is 25.2 Å². The summed E-state index contributed by atoms with van der Waals surface area (Å²) < 4.78 is 17.3. The molecule has 34 heavy (non-hydrogen) atoms. The van der Waals surface area contributed by atoms with Crippen LogP contribution in [0.1, 0.15) is 13.3 Å². The largest absolute Gasteiger partial charge is 0.497 e. The molecule has 0 bridgehead atoms. The van der Waals surface area contributed by atoms with Gasteiger partial charge < -0.3 is 29.1 Å². The second kappa shape index (κ2) is 8.25. The van der Waals surface area contributed by atoms with Crippen LogP contribution in [0, 0.1) is 11.8 Å². The number of cyclic esters (lactones) is 1. The van der Waals surface area contributed by atoms with E-state index in [1.165, 1.54) is 4.90 Å². The van der Waals surface area contributed by atoms with Crippen LogP contribution in [0.25, 0.3) is 0 Å². The predicted molar refractivity (Wildman–Crippen MR) is 121 cm³/mol. The lowest BCUT2D eigenvalue weighted by Crippen LogP contribution is -2.56. The molecule has 4 heterocycles. The number of benzene rings is 1. The van der Waals surface area contributed by atoms with Gasteiger partial charge in [0.2, 0.25) is 5.91 Å². The van der Waals surface area contributed by atoms with Gasteiger partial charge >= 0.3 is 5.97 Å². The monoisotopic (exact) mass is 468 g/mol. The zero-order valence-corrected chi connectivity index (χ0v) is 19.2. The van der Waals surface area contributed by atoms with Crippen LogP contribution in [0.15, 0.2) is 48.6 Å². The van der Waals surface area contributed by atoms with E-state index in [0.29, 0.717) is 17.9 Å². The standard InChI is InChI=1S/C25H28N2O7/c1-3-24-10-5-15-33-23(31)19(24)18-21(29)27(13-14-28)20-22(30)26(12-4-11-25(18,20)34-24)16-6-8-17(32-2)9-7-16/h4-11,18-20,28H,3,12-15H2,1-2H3/t18-,19+,20?,24-,25-/m0/s1. The number of hydrogen-bond donors (Lipinski definition) is 1. The lowest BCUT2D eigenvalue weighted by Gasteiger charge is -2.38. The Bertz CT molecular complexity index is 1070. The molecule has 1 N–H and O–H groups in total.